The Morgan fingerprint density at radius 2 is 2.27 bits per heavy atom. The molecule has 0 amide bonds. The molecule has 1 aromatic carbocycles. The predicted molar refractivity (Wildman–Crippen MR) is 90.2 cm³/mol. The highest BCUT2D eigenvalue weighted by Crippen LogP contribution is 2.16. The molecule has 0 radical (unpaired) electrons. The Labute approximate surface area is 133 Å². The third-order valence-corrected chi connectivity index (χ3v) is 4.69. The molecule has 4 heteroatoms. The van der Waals surface area contributed by atoms with Gasteiger partial charge in [-0.25, -0.2) is 4.98 Å². The van der Waals surface area contributed by atoms with Crippen LogP contribution in [0.4, 0.5) is 0 Å². The van der Waals surface area contributed by atoms with Crippen molar-refractivity contribution in [1.29, 1.82) is 0 Å². The van der Waals surface area contributed by atoms with Crippen LogP contribution in [0.1, 0.15) is 24.5 Å². The molecule has 0 bridgehead atoms. The van der Waals surface area contributed by atoms with E-state index < -0.39 is 0 Å². The Morgan fingerprint density at radius 1 is 1.36 bits per heavy atom. The van der Waals surface area contributed by atoms with Gasteiger partial charge in [-0.3, -0.25) is 0 Å². The van der Waals surface area contributed by atoms with E-state index >= 15 is 0 Å². The smallest absolute Gasteiger partial charge is 0.0991 e. The third-order valence-electron chi connectivity index (χ3n) is 4.69. The Balaban J connectivity index is 1.53. The zero-order chi connectivity index (χ0) is 15.4. The van der Waals surface area contributed by atoms with Crippen LogP contribution in [0.5, 0.6) is 0 Å². The van der Waals surface area contributed by atoms with Crippen LogP contribution >= 0.6 is 0 Å². The second-order valence-corrected chi connectivity index (χ2v) is 6.26. The molecule has 1 saturated heterocycles. The molecule has 1 unspecified atom stereocenters. The van der Waals surface area contributed by atoms with Crippen molar-refractivity contribution in [3.05, 3.63) is 48.0 Å². The van der Waals surface area contributed by atoms with E-state index in [1.54, 1.807) is 0 Å². The molecule has 118 valence electrons. The number of hydrogen-bond donors (Lipinski definition) is 1. The Hall–Kier alpha value is -1.65. The minimum absolute atomic E-state index is 0.811. The molecule has 1 fully saturated rings. The summed E-state index contributed by atoms with van der Waals surface area (Å²) in [5, 5.41) is 3.64. The highest BCUT2D eigenvalue weighted by molar-refractivity contribution is 5.40. The van der Waals surface area contributed by atoms with Crippen LogP contribution in [0.25, 0.3) is 5.69 Å². The summed E-state index contributed by atoms with van der Waals surface area (Å²) in [6.07, 6.45) is 6.96. The van der Waals surface area contributed by atoms with Gasteiger partial charge in [-0.05, 0) is 62.2 Å². The Bertz CT molecular complexity index is 591. The molecule has 2 aromatic rings. The van der Waals surface area contributed by atoms with E-state index in [0.717, 1.165) is 19.0 Å². The maximum absolute atomic E-state index is 4.10. The fourth-order valence-electron chi connectivity index (χ4n) is 3.23. The fraction of sp³-hybridized carbons (Fsp3) is 0.500. The van der Waals surface area contributed by atoms with E-state index in [1.165, 1.54) is 42.9 Å². The molecular formula is C18H26N4. The van der Waals surface area contributed by atoms with Crippen molar-refractivity contribution in [2.45, 2.75) is 26.8 Å². The molecule has 1 atom stereocenters. The van der Waals surface area contributed by atoms with Crippen LogP contribution < -0.4 is 5.32 Å². The first-order valence-corrected chi connectivity index (χ1v) is 8.27. The molecule has 1 aliphatic heterocycles. The molecule has 1 aliphatic rings. The van der Waals surface area contributed by atoms with Crippen LogP contribution in [0, 0.1) is 12.8 Å². The molecular weight excluding hydrogens is 272 g/mol. The first-order chi connectivity index (χ1) is 10.8. The second-order valence-electron chi connectivity index (χ2n) is 6.26. The average molecular weight is 298 g/mol. The van der Waals surface area contributed by atoms with Crippen LogP contribution in [-0.2, 0) is 6.54 Å². The first kappa shape index (κ1) is 15.3. The van der Waals surface area contributed by atoms with Crippen LogP contribution in [0.3, 0.4) is 0 Å². The molecule has 2 heterocycles. The third kappa shape index (κ3) is 3.57. The summed E-state index contributed by atoms with van der Waals surface area (Å²) >= 11 is 0. The Morgan fingerprint density at radius 3 is 2.95 bits per heavy atom. The molecule has 1 N–H and O–H groups in total. The summed E-state index contributed by atoms with van der Waals surface area (Å²) in [5.74, 6) is 0.811. The summed E-state index contributed by atoms with van der Waals surface area (Å²) in [4.78, 5) is 6.64. The monoisotopic (exact) mass is 298 g/mol. The van der Waals surface area contributed by atoms with Crippen molar-refractivity contribution in [2.24, 2.45) is 5.92 Å². The van der Waals surface area contributed by atoms with Gasteiger partial charge in [0.05, 0.1) is 6.33 Å². The number of nitrogens with zero attached hydrogens (tertiary/aromatic N) is 3. The highest BCUT2D eigenvalue weighted by Gasteiger charge is 2.20. The number of nitrogens with one attached hydrogen (secondary N) is 1. The van der Waals surface area contributed by atoms with E-state index in [9.17, 15) is 0 Å². The minimum Gasteiger partial charge on any atom is -0.312 e. The van der Waals surface area contributed by atoms with Gasteiger partial charge in [0.25, 0.3) is 0 Å². The van der Waals surface area contributed by atoms with Crippen molar-refractivity contribution < 1.29 is 0 Å². The van der Waals surface area contributed by atoms with Gasteiger partial charge in [-0.15, -0.1) is 0 Å². The predicted octanol–water partition coefficient (Wildman–Crippen LogP) is 2.61. The lowest BCUT2D eigenvalue weighted by atomic mass is 10.1. The largest absolute Gasteiger partial charge is 0.312 e. The summed E-state index contributed by atoms with van der Waals surface area (Å²) in [5.41, 5.74) is 3.89. The van der Waals surface area contributed by atoms with Gasteiger partial charge < -0.3 is 14.8 Å². The molecule has 0 saturated carbocycles. The van der Waals surface area contributed by atoms with E-state index in [-0.39, 0.29) is 0 Å². The number of rotatable bonds is 6. The minimum atomic E-state index is 0.811. The number of aryl methyl sites for hydroxylation is 1. The molecule has 0 aliphatic carbocycles. The van der Waals surface area contributed by atoms with E-state index in [1.807, 2.05) is 23.3 Å². The average Bonchev–Trinajstić information content (AvgIpc) is 3.19. The number of hydrogen-bond acceptors (Lipinski definition) is 3. The first-order valence-electron chi connectivity index (χ1n) is 8.27. The lowest BCUT2D eigenvalue weighted by Gasteiger charge is -2.15. The normalized spacial score (nSPS) is 18.9. The molecule has 3 rings (SSSR count). The number of imidazole rings is 1. The van der Waals surface area contributed by atoms with Gasteiger partial charge in [0.2, 0.25) is 0 Å². The lowest BCUT2D eigenvalue weighted by molar-refractivity contribution is 0.339. The van der Waals surface area contributed by atoms with Crippen molar-refractivity contribution >= 4 is 0 Å². The zero-order valence-electron chi connectivity index (χ0n) is 13.6. The number of likely N-dealkylation sites (tertiary alicyclic amines) is 1. The molecule has 22 heavy (non-hydrogen) atoms. The van der Waals surface area contributed by atoms with Gasteiger partial charge in [-0.1, -0.05) is 13.0 Å². The summed E-state index contributed by atoms with van der Waals surface area (Å²) < 4.78 is 2.04. The lowest BCUT2D eigenvalue weighted by Crippen LogP contribution is -2.26. The fourth-order valence-corrected chi connectivity index (χ4v) is 3.23. The number of aromatic nitrogens is 2. The van der Waals surface area contributed by atoms with Crippen LogP contribution in [0.2, 0.25) is 0 Å². The van der Waals surface area contributed by atoms with Crippen molar-refractivity contribution in [2.75, 3.05) is 26.2 Å². The quantitative estimate of drug-likeness (QED) is 0.890. The molecule has 0 spiro atoms. The molecule has 4 nitrogen and oxygen atoms in total. The van der Waals surface area contributed by atoms with Gasteiger partial charge in [0, 0.05) is 31.2 Å². The van der Waals surface area contributed by atoms with Gasteiger partial charge >= 0.3 is 0 Å². The molecule has 1 aromatic heterocycles. The van der Waals surface area contributed by atoms with Gasteiger partial charge in [0.1, 0.15) is 0 Å². The zero-order valence-corrected chi connectivity index (χ0v) is 13.6. The van der Waals surface area contributed by atoms with Crippen molar-refractivity contribution in [3.8, 4) is 5.69 Å². The second kappa shape index (κ2) is 7.07. The topological polar surface area (TPSA) is 33.1 Å². The summed E-state index contributed by atoms with van der Waals surface area (Å²) in [7, 11) is 0. The SMILES string of the molecule is CCN1CCC(CNCc2ccc(-n3ccnc3)cc2C)C1. The van der Waals surface area contributed by atoms with Crippen LogP contribution in [0.15, 0.2) is 36.9 Å². The summed E-state index contributed by atoms with van der Waals surface area (Å²) in [6, 6.07) is 6.62. The van der Waals surface area contributed by atoms with Gasteiger partial charge in [0.15, 0.2) is 0 Å². The maximum atomic E-state index is 4.10. The van der Waals surface area contributed by atoms with Gasteiger partial charge in [-0.2, -0.15) is 0 Å². The van der Waals surface area contributed by atoms with Crippen LogP contribution in [-0.4, -0.2) is 40.6 Å². The summed E-state index contributed by atoms with van der Waals surface area (Å²) in [6.45, 7) is 10.2. The van der Waals surface area contributed by atoms with E-state index in [4.69, 9.17) is 0 Å². The van der Waals surface area contributed by atoms with E-state index in [0.29, 0.717) is 0 Å². The highest BCUT2D eigenvalue weighted by atomic mass is 15.1. The number of benzene rings is 1. The standard InChI is InChI=1S/C18H26N4/c1-3-21-8-6-16(13-21)11-20-12-17-4-5-18(10-15(17)2)22-9-7-19-14-22/h4-5,7,9-10,14,16,20H,3,6,8,11-13H2,1-2H3. The van der Waals surface area contributed by atoms with Crippen molar-refractivity contribution in [1.82, 2.24) is 19.8 Å². The van der Waals surface area contributed by atoms with Crippen molar-refractivity contribution in [3.63, 3.8) is 0 Å². The Kier molecular flexibility index (Phi) is 4.90. The maximum Gasteiger partial charge on any atom is 0.0991 e. The van der Waals surface area contributed by atoms with E-state index in [2.05, 4.69) is 47.2 Å².